The van der Waals surface area contributed by atoms with Crippen LogP contribution in [0.15, 0.2) is 41.3 Å². The molecule has 74 valence electrons. The van der Waals surface area contributed by atoms with Crippen LogP contribution >= 0.6 is 0 Å². The molecule has 0 atom stereocenters. The first-order valence-corrected chi connectivity index (χ1v) is 5.16. The fourth-order valence-electron chi connectivity index (χ4n) is 2.21. The molecule has 1 aromatic carbocycles. The molecule has 3 rings (SSSR count). The van der Waals surface area contributed by atoms with E-state index in [2.05, 4.69) is 19.1 Å². The van der Waals surface area contributed by atoms with Crippen molar-refractivity contribution in [1.82, 2.24) is 4.40 Å². The molecule has 3 aromatic rings. The highest BCUT2D eigenvalue weighted by Crippen LogP contribution is 2.24. The van der Waals surface area contributed by atoms with Crippen molar-refractivity contribution in [3.05, 3.63) is 52.4 Å². The molecule has 0 radical (unpaired) electrons. The first-order chi connectivity index (χ1) is 7.31. The van der Waals surface area contributed by atoms with E-state index in [9.17, 15) is 4.79 Å². The summed E-state index contributed by atoms with van der Waals surface area (Å²) in [5.41, 5.74) is 2.41. The van der Waals surface area contributed by atoms with Crippen molar-refractivity contribution in [3.8, 4) is 0 Å². The maximum Gasteiger partial charge on any atom is 0.255 e. The highest BCUT2D eigenvalue weighted by atomic mass is 16.1. The van der Waals surface area contributed by atoms with E-state index < -0.39 is 0 Å². The summed E-state index contributed by atoms with van der Waals surface area (Å²) in [5.74, 6) is 0. The number of aromatic nitrogens is 1. The minimum absolute atomic E-state index is 0.0470. The Morgan fingerprint density at radius 1 is 1.13 bits per heavy atom. The SMILES string of the molecule is CCc1ccc2ccc(=O)n3ccc1c23. The zero-order valence-electron chi connectivity index (χ0n) is 8.53. The van der Waals surface area contributed by atoms with E-state index >= 15 is 0 Å². The molecule has 0 bridgehead atoms. The minimum Gasteiger partial charge on any atom is -0.283 e. The number of benzene rings is 1. The quantitative estimate of drug-likeness (QED) is 0.587. The normalized spacial score (nSPS) is 11.5. The highest BCUT2D eigenvalue weighted by molar-refractivity contribution is 5.98. The molecule has 0 aliphatic rings. The Bertz CT molecular complexity index is 681. The van der Waals surface area contributed by atoms with Gasteiger partial charge in [-0.05, 0) is 29.5 Å². The maximum absolute atomic E-state index is 11.6. The lowest BCUT2D eigenvalue weighted by Gasteiger charge is -2.03. The average molecular weight is 197 g/mol. The lowest BCUT2D eigenvalue weighted by molar-refractivity contribution is 1.13. The topological polar surface area (TPSA) is 21.5 Å². The molecule has 2 heterocycles. The van der Waals surface area contributed by atoms with Crippen molar-refractivity contribution in [2.45, 2.75) is 13.3 Å². The van der Waals surface area contributed by atoms with Crippen LogP contribution in [0.4, 0.5) is 0 Å². The smallest absolute Gasteiger partial charge is 0.255 e. The molecule has 0 amide bonds. The Morgan fingerprint density at radius 2 is 1.93 bits per heavy atom. The lowest BCUT2D eigenvalue weighted by atomic mass is 10.1. The summed E-state index contributed by atoms with van der Waals surface area (Å²) in [6.45, 7) is 2.13. The second-order valence-electron chi connectivity index (χ2n) is 3.79. The number of hydrogen-bond donors (Lipinski definition) is 0. The highest BCUT2D eigenvalue weighted by Gasteiger charge is 2.07. The fourth-order valence-corrected chi connectivity index (χ4v) is 2.21. The molecule has 0 unspecified atom stereocenters. The van der Waals surface area contributed by atoms with E-state index in [4.69, 9.17) is 0 Å². The van der Waals surface area contributed by atoms with Gasteiger partial charge in [-0.15, -0.1) is 0 Å². The van der Waals surface area contributed by atoms with Crippen molar-refractivity contribution >= 4 is 16.3 Å². The number of pyridine rings is 1. The largest absolute Gasteiger partial charge is 0.283 e. The third kappa shape index (κ3) is 1.02. The second-order valence-corrected chi connectivity index (χ2v) is 3.79. The Morgan fingerprint density at radius 3 is 2.73 bits per heavy atom. The molecule has 15 heavy (non-hydrogen) atoms. The summed E-state index contributed by atoms with van der Waals surface area (Å²) >= 11 is 0. The van der Waals surface area contributed by atoms with Crippen LogP contribution in [-0.4, -0.2) is 4.40 Å². The summed E-state index contributed by atoms with van der Waals surface area (Å²) in [6.07, 6.45) is 2.86. The molecule has 2 heteroatoms. The molecule has 0 aliphatic carbocycles. The molecule has 0 N–H and O–H groups in total. The Balaban J connectivity index is 2.65. The van der Waals surface area contributed by atoms with Crippen molar-refractivity contribution in [2.24, 2.45) is 0 Å². The molecule has 2 aromatic heterocycles. The third-order valence-corrected chi connectivity index (χ3v) is 2.99. The fraction of sp³-hybridized carbons (Fsp3) is 0.154. The van der Waals surface area contributed by atoms with E-state index in [0.717, 1.165) is 17.3 Å². The number of nitrogens with zero attached hydrogens (tertiary/aromatic N) is 1. The van der Waals surface area contributed by atoms with Gasteiger partial charge < -0.3 is 0 Å². The van der Waals surface area contributed by atoms with Gasteiger partial charge in [-0.25, -0.2) is 0 Å². The molecule has 0 saturated carbocycles. The van der Waals surface area contributed by atoms with Crippen LogP contribution < -0.4 is 5.56 Å². The Kier molecular flexibility index (Phi) is 1.60. The predicted molar refractivity (Wildman–Crippen MR) is 61.7 cm³/mol. The Labute approximate surface area is 87.1 Å². The summed E-state index contributed by atoms with van der Waals surface area (Å²) in [7, 11) is 0. The van der Waals surface area contributed by atoms with Crippen molar-refractivity contribution < 1.29 is 0 Å². The zero-order valence-corrected chi connectivity index (χ0v) is 8.53. The van der Waals surface area contributed by atoms with E-state index in [0.29, 0.717) is 0 Å². The van der Waals surface area contributed by atoms with E-state index in [-0.39, 0.29) is 5.56 Å². The maximum atomic E-state index is 11.6. The summed E-state index contributed by atoms with van der Waals surface area (Å²) < 4.78 is 1.73. The summed E-state index contributed by atoms with van der Waals surface area (Å²) in [6, 6.07) is 9.77. The lowest BCUT2D eigenvalue weighted by Crippen LogP contribution is -2.08. The van der Waals surface area contributed by atoms with Gasteiger partial charge in [0.25, 0.3) is 5.56 Å². The van der Waals surface area contributed by atoms with Crippen LogP contribution in [0, 0.1) is 0 Å². The molecule has 0 saturated heterocycles. The van der Waals surface area contributed by atoms with Gasteiger partial charge in [0.2, 0.25) is 0 Å². The molecule has 0 aliphatic heterocycles. The van der Waals surface area contributed by atoms with Gasteiger partial charge in [0.15, 0.2) is 0 Å². The van der Waals surface area contributed by atoms with Crippen molar-refractivity contribution in [3.63, 3.8) is 0 Å². The first-order valence-electron chi connectivity index (χ1n) is 5.16. The molecular weight excluding hydrogens is 186 g/mol. The van der Waals surface area contributed by atoms with Crippen LogP contribution in [0.3, 0.4) is 0 Å². The van der Waals surface area contributed by atoms with E-state index in [1.54, 1.807) is 10.5 Å². The van der Waals surface area contributed by atoms with E-state index in [1.165, 1.54) is 10.9 Å². The third-order valence-electron chi connectivity index (χ3n) is 2.99. The number of rotatable bonds is 1. The Hall–Kier alpha value is -1.83. The minimum atomic E-state index is 0.0470. The number of hydrogen-bond acceptors (Lipinski definition) is 1. The molecule has 0 spiro atoms. The molecular formula is C13H11NO. The van der Waals surface area contributed by atoms with Crippen molar-refractivity contribution in [2.75, 3.05) is 0 Å². The average Bonchev–Trinajstić information content (AvgIpc) is 2.70. The molecule has 0 fully saturated rings. The van der Waals surface area contributed by atoms with Gasteiger partial charge in [-0.2, -0.15) is 0 Å². The van der Waals surface area contributed by atoms with Gasteiger partial charge in [0, 0.05) is 17.6 Å². The number of aryl methyl sites for hydroxylation is 1. The van der Waals surface area contributed by atoms with Crippen LogP contribution in [-0.2, 0) is 6.42 Å². The van der Waals surface area contributed by atoms with Crippen LogP contribution in [0.1, 0.15) is 12.5 Å². The van der Waals surface area contributed by atoms with Gasteiger partial charge in [-0.1, -0.05) is 19.1 Å². The van der Waals surface area contributed by atoms with Gasteiger partial charge in [0.1, 0.15) is 0 Å². The standard InChI is InChI=1S/C13H11NO/c1-2-9-3-4-10-5-6-12(15)14-8-7-11(9)13(10)14/h3-8H,2H2,1H3. The van der Waals surface area contributed by atoms with Crippen molar-refractivity contribution in [1.29, 1.82) is 0 Å². The summed E-state index contributed by atoms with van der Waals surface area (Å²) in [4.78, 5) is 11.6. The van der Waals surface area contributed by atoms with Crippen LogP contribution in [0.5, 0.6) is 0 Å². The first kappa shape index (κ1) is 8.48. The van der Waals surface area contributed by atoms with E-state index in [1.807, 2.05) is 18.3 Å². The van der Waals surface area contributed by atoms with Crippen LogP contribution in [0.2, 0.25) is 0 Å². The zero-order chi connectivity index (χ0) is 10.4. The van der Waals surface area contributed by atoms with Gasteiger partial charge >= 0.3 is 0 Å². The van der Waals surface area contributed by atoms with Gasteiger partial charge in [-0.3, -0.25) is 9.20 Å². The second kappa shape index (κ2) is 2.83. The molecule has 2 nitrogen and oxygen atoms in total. The monoisotopic (exact) mass is 197 g/mol. The van der Waals surface area contributed by atoms with Crippen LogP contribution in [0.25, 0.3) is 16.3 Å². The van der Waals surface area contributed by atoms with Gasteiger partial charge in [0.05, 0.1) is 5.52 Å². The summed E-state index contributed by atoms with van der Waals surface area (Å²) in [5, 5.41) is 2.33. The predicted octanol–water partition coefficient (Wildman–Crippen LogP) is 2.45.